The Bertz CT molecular complexity index is 1160. The summed E-state index contributed by atoms with van der Waals surface area (Å²) in [5.74, 6) is 0.319. The average Bonchev–Trinajstić information content (AvgIpc) is 2.75. The Balaban J connectivity index is 1.73. The van der Waals surface area contributed by atoms with Crippen molar-refractivity contribution in [2.75, 3.05) is 24.0 Å². The average molecular weight is 453 g/mol. The molecule has 0 aromatic heterocycles. The molecule has 0 spiro atoms. The van der Waals surface area contributed by atoms with Crippen LogP contribution in [0.4, 0.5) is 5.69 Å². The molecule has 7 heteroatoms. The van der Waals surface area contributed by atoms with E-state index in [-0.39, 0.29) is 24.6 Å². The maximum absolute atomic E-state index is 13.4. The van der Waals surface area contributed by atoms with Gasteiger partial charge in [0, 0.05) is 0 Å². The van der Waals surface area contributed by atoms with Gasteiger partial charge in [-0.3, -0.25) is 9.10 Å². The number of nitrogens with zero attached hydrogens (tertiary/aromatic N) is 1. The van der Waals surface area contributed by atoms with Gasteiger partial charge in [0.05, 0.1) is 17.1 Å². The van der Waals surface area contributed by atoms with Crippen LogP contribution in [0.15, 0.2) is 77.7 Å². The Hall–Kier alpha value is -3.32. The van der Waals surface area contributed by atoms with Gasteiger partial charge in [-0.2, -0.15) is 0 Å². The molecule has 3 rings (SSSR count). The summed E-state index contributed by atoms with van der Waals surface area (Å²) in [6, 6.07) is 21.3. The Kier molecular flexibility index (Phi) is 7.53. The van der Waals surface area contributed by atoms with E-state index in [0.717, 1.165) is 26.7 Å². The van der Waals surface area contributed by atoms with Gasteiger partial charge in [-0.15, -0.1) is 0 Å². The summed E-state index contributed by atoms with van der Waals surface area (Å²) < 4.78 is 33.5. The van der Waals surface area contributed by atoms with Gasteiger partial charge in [-0.1, -0.05) is 36.4 Å². The smallest absolute Gasteiger partial charge is 0.264 e. The molecule has 0 fully saturated rings. The van der Waals surface area contributed by atoms with Crippen molar-refractivity contribution in [2.45, 2.75) is 25.7 Å². The Morgan fingerprint density at radius 1 is 0.875 bits per heavy atom. The van der Waals surface area contributed by atoms with E-state index in [0.29, 0.717) is 5.69 Å². The zero-order valence-electron chi connectivity index (χ0n) is 18.5. The summed E-state index contributed by atoms with van der Waals surface area (Å²) >= 11 is 0. The number of carbonyl (C=O) groups is 1. The Morgan fingerprint density at radius 2 is 1.56 bits per heavy atom. The number of sulfonamides is 1. The number of amides is 1. The molecule has 0 unspecified atom stereocenters. The minimum absolute atomic E-state index is 0.134. The molecular weight excluding hydrogens is 424 g/mol. The summed E-state index contributed by atoms with van der Waals surface area (Å²) in [6.07, 6.45) is 0. The topological polar surface area (TPSA) is 75.7 Å². The highest BCUT2D eigenvalue weighted by molar-refractivity contribution is 7.92. The van der Waals surface area contributed by atoms with Gasteiger partial charge >= 0.3 is 0 Å². The lowest BCUT2D eigenvalue weighted by Gasteiger charge is -2.25. The quantitative estimate of drug-likeness (QED) is 0.498. The monoisotopic (exact) mass is 452 g/mol. The van der Waals surface area contributed by atoms with Crippen molar-refractivity contribution < 1.29 is 17.9 Å². The zero-order chi connectivity index (χ0) is 23.1. The lowest BCUT2D eigenvalue weighted by Crippen LogP contribution is -2.42. The van der Waals surface area contributed by atoms with Crippen LogP contribution in [-0.4, -0.2) is 34.0 Å². The lowest BCUT2D eigenvalue weighted by atomic mass is 10.1. The molecule has 3 aromatic rings. The van der Waals surface area contributed by atoms with E-state index < -0.39 is 15.9 Å². The molecule has 3 aromatic carbocycles. The van der Waals surface area contributed by atoms with E-state index >= 15 is 0 Å². The highest BCUT2D eigenvalue weighted by Gasteiger charge is 2.27. The first kappa shape index (κ1) is 23.3. The first-order valence-corrected chi connectivity index (χ1v) is 11.8. The number of hydrogen-bond donors (Lipinski definition) is 1. The van der Waals surface area contributed by atoms with Crippen molar-refractivity contribution in [1.29, 1.82) is 0 Å². The fourth-order valence-electron chi connectivity index (χ4n) is 3.38. The van der Waals surface area contributed by atoms with E-state index in [9.17, 15) is 13.2 Å². The molecule has 0 aliphatic carbocycles. The minimum Gasteiger partial charge on any atom is -0.492 e. The third-order valence-electron chi connectivity index (χ3n) is 4.80. The molecule has 0 radical (unpaired) electrons. The van der Waals surface area contributed by atoms with Crippen LogP contribution in [0.5, 0.6) is 5.75 Å². The summed E-state index contributed by atoms with van der Waals surface area (Å²) in [4.78, 5) is 12.8. The molecule has 0 aliphatic heterocycles. The van der Waals surface area contributed by atoms with Gasteiger partial charge < -0.3 is 10.1 Å². The first-order valence-electron chi connectivity index (χ1n) is 10.4. The normalized spacial score (nSPS) is 11.1. The van der Waals surface area contributed by atoms with Crippen LogP contribution >= 0.6 is 0 Å². The second kappa shape index (κ2) is 10.3. The van der Waals surface area contributed by atoms with Gasteiger partial charge in [0.2, 0.25) is 5.91 Å². The van der Waals surface area contributed by atoms with E-state index in [1.54, 1.807) is 30.3 Å². The molecule has 32 heavy (non-hydrogen) atoms. The van der Waals surface area contributed by atoms with Crippen LogP contribution in [0, 0.1) is 20.8 Å². The van der Waals surface area contributed by atoms with Crippen LogP contribution in [0.1, 0.15) is 16.7 Å². The number of carbonyl (C=O) groups excluding carboxylic acids is 1. The summed E-state index contributed by atoms with van der Waals surface area (Å²) in [6.45, 7) is 5.98. The second-order valence-electron chi connectivity index (χ2n) is 7.69. The number of aryl methyl sites for hydroxylation is 3. The number of benzene rings is 3. The maximum atomic E-state index is 13.4. The molecule has 168 valence electrons. The third-order valence-corrected chi connectivity index (χ3v) is 6.58. The number of ether oxygens (including phenoxy) is 1. The maximum Gasteiger partial charge on any atom is 0.264 e. The van der Waals surface area contributed by atoms with Crippen molar-refractivity contribution in [3.63, 3.8) is 0 Å². The first-order chi connectivity index (χ1) is 15.3. The zero-order valence-corrected chi connectivity index (χ0v) is 19.4. The van der Waals surface area contributed by atoms with E-state index in [1.165, 1.54) is 12.1 Å². The molecule has 1 amide bonds. The summed E-state index contributed by atoms with van der Waals surface area (Å²) in [5.41, 5.74) is 3.37. The van der Waals surface area contributed by atoms with Crippen LogP contribution in [0.25, 0.3) is 0 Å². The van der Waals surface area contributed by atoms with Crippen molar-refractivity contribution in [3.05, 3.63) is 89.5 Å². The van der Waals surface area contributed by atoms with Crippen molar-refractivity contribution in [2.24, 2.45) is 0 Å². The molecule has 0 aliphatic rings. The van der Waals surface area contributed by atoms with Gasteiger partial charge in [-0.05, 0) is 73.9 Å². The van der Waals surface area contributed by atoms with Crippen molar-refractivity contribution in [1.82, 2.24) is 5.32 Å². The molecule has 0 heterocycles. The third kappa shape index (κ3) is 6.11. The van der Waals surface area contributed by atoms with Crippen LogP contribution < -0.4 is 14.4 Å². The Morgan fingerprint density at radius 3 is 2.22 bits per heavy atom. The standard InChI is InChI=1S/C25H28N2O4S/c1-19-8-7-9-23(17-19)31-13-12-26-25(28)18-27(22-15-20(2)14-21(3)16-22)32(29,30)24-10-5-4-6-11-24/h4-11,14-17H,12-13,18H2,1-3H3,(H,26,28). The fraction of sp³-hybridized carbons (Fsp3) is 0.240. The SMILES string of the molecule is Cc1cccc(OCCNC(=O)CN(c2cc(C)cc(C)c2)S(=O)(=O)c2ccccc2)c1. The molecule has 0 bridgehead atoms. The molecule has 1 N–H and O–H groups in total. The van der Waals surface area contributed by atoms with Gasteiger partial charge in [-0.25, -0.2) is 8.42 Å². The summed E-state index contributed by atoms with van der Waals surface area (Å²) in [7, 11) is -3.92. The van der Waals surface area contributed by atoms with Crippen molar-refractivity contribution >= 4 is 21.6 Å². The predicted octanol–water partition coefficient (Wildman–Crippen LogP) is 4.00. The van der Waals surface area contributed by atoms with Crippen molar-refractivity contribution in [3.8, 4) is 5.75 Å². The highest BCUT2D eigenvalue weighted by Crippen LogP contribution is 2.25. The van der Waals surface area contributed by atoms with Gasteiger partial charge in [0.15, 0.2) is 0 Å². The number of hydrogen-bond acceptors (Lipinski definition) is 4. The van der Waals surface area contributed by atoms with E-state index in [1.807, 2.05) is 51.1 Å². The predicted molar refractivity (Wildman–Crippen MR) is 127 cm³/mol. The fourth-order valence-corrected chi connectivity index (χ4v) is 4.81. The van der Waals surface area contributed by atoms with Crippen LogP contribution in [0.3, 0.4) is 0 Å². The molecule has 0 saturated heterocycles. The molecule has 6 nitrogen and oxygen atoms in total. The van der Waals surface area contributed by atoms with E-state index in [4.69, 9.17) is 4.74 Å². The molecule has 0 atom stereocenters. The second-order valence-corrected chi connectivity index (χ2v) is 9.55. The Labute approximate surface area is 189 Å². The number of nitrogens with one attached hydrogen (secondary N) is 1. The molecular formula is C25H28N2O4S. The summed E-state index contributed by atoms with van der Waals surface area (Å²) in [5, 5.41) is 2.75. The van der Waals surface area contributed by atoms with E-state index in [2.05, 4.69) is 5.32 Å². The minimum atomic E-state index is -3.92. The lowest BCUT2D eigenvalue weighted by molar-refractivity contribution is -0.119. The van der Waals surface area contributed by atoms with Crippen LogP contribution in [-0.2, 0) is 14.8 Å². The van der Waals surface area contributed by atoms with Gasteiger partial charge in [0.25, 0.3) is 10.0 Å². The van der Waals surface area contributed by atoms with Crippen LogP contribution in [0.2, 0.25) is 0 Å². The van der Waals surface area contributed by atoms with Gasteiger partial charge in [0.1, 0.15) is 18.9 Å². The largest absolute Gasteiger partial charge is 0.492 e. The molecule has 0 saturated carbocycles. The number of anilines is 1. The number of rotatable bonds is 9. The highest BCUT2D eigenvalue weighted by atomic mass is 32.2.